The number of para-hydroxylation sites is 1. The molecule has 0 radical (unpaired) electrons. The molecule has 4 amide bonds. The quantitative estimate of drug-likeness (QED) is 0.00215. The molecule has 1 aliphatic heterocycles. The Labute approximate surface area is 834 Å². The Morgan fingerprint density at radius 1 is 0.542 bits per heavy atom. The minimum atomic E-state index is -1.35. The number of hydrogen-bond donors (Lipinski definition) is 10. The van der Waals surface area contributed by atoms with Crippen molar-refractivity contribution in [3.05, 3.63) is 256 Å². The van der Waals surface area contributed by atoms with Gasteiger partial charge in [-0.15, -0.1) is 6.58 Å². The molecule has 784 valence electrons. The molecule has 0 saturated carbocycles. The van der Waals surface area contributed by atoms with Gasteiger partial charge in [0.2, 0.25) is 5.43 Å². The van der Waals surface area contributed by atoms with Crippen molar-refractivity contribution in [2.45, 2.75) is 214 Å². The van der Waals surface area contributed by atoms with E-state index in [1.54, 1.807) is 84.9 Å². The molecule has 1 aromatic carbocycles. The van der Waals surface area contributed by atoms with E-state index in [2.05, 4.69) is 38.6 Å². The summed E-state index contributed by atoms with van der Waals surface area (Å²) in [5, 5.41) is 94.2. The highest BCUT2D eigenvalue weighted by Crippen LogP contribution is 2.29. The topological polar surface area (TPSA) is 661 Å². The van der Waals surface area contributed by atoms with Gasteiger partial charge in [0, 0.05) is 100 Å². The number of ketones is 8. The zero-order chi connectivity index (χ0) is 111. The van der Waals surface area contributed by atoms with Crippen LogP contribution in [0.2, 0.25) is 0 Å². The van der Waals surface area contributed by atoms with Crippen LogP contribution in [0.1, 0.15) is 240 Å². The van der Waals surface area contributed by atoms with Gasteiger partial charge in [0.05, 0.1) is 56.2 Å². The smallest absolute Gasteiger partial charge is 0.351 e. The van der Waals surface area contributed by atoms with Gasteiger partial charge in [0.15, 0.2) is 57.6 Å². The standard InChI is InChI=1S/C15H16O5.C13H14O4.C13H16O4.C12H18N2O4.C12H14O5.C11H13BrO5.C11H12O4.C8H12O4.C7H10O4/c1-8(2)10(16)7-11(17)13-14(18)9-5-3-4-6-12(9)20-15(13)19;1-7(2)4-9-6-16-10-5-8(3)17-13(15)11(10)12(9)14;1-8-7-10(15)11(12(16)17-8)9(14)5-6-13(2,3)4;1-7(2)5-6-8(15)9-10(16)13(3)12(18)14(4)11(9)17;1-6(2)8(13)5-10(15)11-9(14)4-7(3)17-12(11)16;1-6-4-9(15)10(11(16)17-6)8(14)3-2-7(13)5-12;1-3-4-5-8(12)10-9(13)6-7(2)15-11(10)14;1-3-7(10)6(5-9)8(11)12-4-2;1-3-6(9)5(4-8)7(10)11-2/h3-6,8,10,16,18H,7H2,1-2H3;5-7H,4H2,1-3H3;5-7,15H,1-4H3;7,9H,5-6H2,1-4H3;4,8,13-14H,1,5H2,2-3H3;4,7,13,15H,2-3,5H2,1H3;3,6,13H,1,4-5H2,2H3;5,9H,3-4H2,1-2H3;4,8H,3H2,1-2H3/b;;6-5+;;;;;6-5+;5-4+. The van der Waals surface area contributed by atoms with E-state index in [-0.39, 0.29) is 159 Å². The number of benzene rings is 1. The summed E-state index contributed by atoms with van der Waals surface area (Å²) in [5.74, 6) is -8.36. The lowest BCUT2D eigenvalue weighted by Gasteiger charge is -2.32. The molecule has 3 unspecified atom stereocenters. The minimum absolute atomic E-state index is 0.00810. The first-order valence-corrected chi connectivity index (χ1v) is 45.7. The number of allylic oxidation sites excluding steroid dienone is 3. The van der Waals surface area contributed by atoms with Gasteiger partial charge in [-0.25, -0.2) is 43.2 Å². The molecule has 3 atom stereocenters. The second-order valence-electron chi connectivity index (χ2n) is 34.1. The molecule has 10 N–H and O–H groups in total. The van der Waals surface area contributed by atoms with E-state index in [0.717, 1.165) is 16.9 Å². The predicted octanol–water partition coefficient (Wildman–Crippen LogP) is 13.3. The third-order valence-corrected chi connectivity index (χ3v) is 20.3. The summed E-state index contributed by atoms with van der Waals surface area (Å²) in [5.41, 5.74) is -6.27. The maximum absolute atomic E-state index is 12.1. The van der Waals surface area contributed by atoms with Crippen molar-refractivity contribution >= 4 is 114 Å². The van der Waals surface area contributed by atoms with E-state index >= 15 is 0 Å². The number of imide groups is 2. The number of urea groups is 1. The Bertz CT molecular complexity index is 6460. The molecular formula is C102H125BrN2O39. The molecule has 1 saturated heterocycles. The molecule has 9 rings (SSSR count). The van der Waals surface area contributed by atoms with E-state index in [0.29, 0.717) is 71.2 Å². The normalized spacial score (nSPS) is 12.5. The average molecular weight is 2080 g/mol. The molecule has 42 heteroatoms. The lowest BCUT2D eigenvalue weighted by Crippen LogP contribution is -2.58. The number of aliphatic hydroxyl groups is 5. The number of ether oxygens (including phenoxy) is 2. The van der Waals surface area contributed by atoms with Crippen LogP contribution in [0.5, 0.6) is 28.7 Å². The first-order chi connectivity index (χ1) is 67.0. The van der Waals surface area contributed by atoms with Crippen molar-refractivity contribution in [1.82, 2.24) is 9.80 Å². The molecule has 8 heterocycles. The fraction of sp³-hybridized carbons (Fsp3) is 0.412. The number of esters is 2. The van der Waals surface area contributed by atoms with Crippen LogP contribution in [0.4, 0.5) is 4.79 Å². The van der Waals surface area contributed by atoms with E-state index in [1.807, 2.05) is 48.5 Å². The maximum Gasteiger partial charge on any atom is 0.351 e. The number of aromatic hydroxyl groups is 5. The van der Waals surface area contributed by atoms with Gasteiger partial charge in [-0.2, -0.15) is 0 Å². The van der Waals surface area contributed by atoms with E-state index in [9.17, 15) is 137 Å². The predicted molar refractivity (Wildman–Crippen MR) is 528 cm³/mol. The lowest BCUT2D eigenvalue weighted by molar-refractivity contribution is -0.152. The lowest BCUT2D eigenvalue weighted by atomic mass is 9.93. The highest BCUT2D eigenvalue weighted by Gasteiger charge is 2.46. The second-order valence-corrected chi connectivity index (χ2v) is 34.7. The number of alkyl halides is 1. The van der Waals surface area contributed by atoms with Gasteiger partial charge in [-0.3, -0.25) is 62.5 Å². The zero-order valence-electron chi connectivity index (χ0n) is 83.9. The largest absolute Gasteiger partial charge is 0.515 e. The summed E-state index contributed by atoms with van der Waals surface area (Å²) >= 11 is 3.07. The number of halogens is 1. The van der Waals surface area contributed by atoms with Crippen molar-refractivity contribution < 1.29 is 154 Å². The molecule has 144 heavy (non-hydrogen) atoms. The average Bonchev–Trinajstić information content (AvgIpc) is 0.790. The van der Waals surface area contributed by atoms with E-state index < -0.39 is 157 Å². The summed E-state index contributed by atoms with van der Waals surface area (Å²) in [6.45, 7) is 38.4. The molecule has 1 aliphatic rings. The summed E-state index contributed by atoms with van der Waals surface area (Å²) in [6, 6.07) is 12.2. The van der Waals surface area contributed by atoms with Crippen molar-refractivity contribution in [2.75, 3.05) is 33.1 Å². The molecule has 0 bridgehead atoms. The van der Waals surface area contributed by atoms with Crippen LogP contribution in [-0.4, -0.2) is 188 Å². The first-order valence-electron chi connectivity index (χ1n) is 44.6. The Kier molecular flexibility index (Phi) is 53.7. The number of carbonyl (C=O) groups excluding carboxylic acids is 13. The number of hydrogen-bond acceptors (Lipinski definition) is 39. The van der Waals surface area contributed by atoms with Crippen LogP contribution < -0.4 is 39.2 Å². The van der Waals surface area contributed by atoms with Gasteiger partial charge in [-0.05, 0) is 116 Å². The second kappa shape index (κ2) is 60.9. The summed E-state index contributed by atoms with van der Waals surface area (Å²) < 4.78 is 43.0. The Hall–Kier alpha value is -15.0. The van der Waals surface area contributed by atoms with Gasteiger partial charge in [-0.1, -0.05) is 129 Å². The van der Waals surface area contributed by atoms with Gasteiger partial charge in [0.25, 0.3) is 11.8 Å². The number of aryl methyl sites for hydroxylation is 5. The third-order valence-electron chi connectivity index (χ3n) is 19.6. The number of methoxy groups -OCH3 is 1. The van der Waals surface area contributed by atoms with Crippen LogP contribution in [0, 0.1) is 63.7 Å². The number of amides is 4. The molecule has 0 aliphatic carbocycles. The Morgan fingerprint density at radius 2 is 0.965 bits per heavy atom. The highest BCUT2D eigenvalue weighted by molar-refractivity contribution is 9.09. The molecule has 1 fully saturated rings. The monoisotopic (exact) mass is 2080 g/mol. The molecule has 41 nitrogen and oxygen atoms in total. The van der Waals surface area contributed by atoms with Crippen molar-refractivity contribution in [2.24, 2.45) is 29.1 Å². The fourth-order valence-corrected chi connectivity index (χ4v) is 12.1. The molecule has 0 spiro atoms. The SMILES string of the molecule is C=C(C)C(O)CC(=O)c1c(O)cc(C)oc1=O.C=CCCC(=O)c1c(O)cc(C)oc1=O.CC(C)C(O)CC(=O)c1c(O)c2ccccc2oc1=O.CC(C)CCC(=O)C1C(=O)N(C)C(=O)N(C)C1=O.CCC(=O)/C(=C\O)C(=O)OC.CCOC(=O)/C(=C/O)C(=O)CC.Cc1cc(O)c(C(=O)/C=C/C(C)(C)C)c(=O)o1.Cc1cc(O)c(C(=O)CCC(O)CBr)c(=O)o1.Cc1cc2occ(CC(C)C)c(=O)c2c(=O)o1. The van der Waals surface area contributed by atoms with Crippen LogP contribution >= 0.6 is 15.9 Å². The number of rotatable bonds is 32. The van der Waals surface area contributed by atoms with Gasteiger partial charge >= 0.3 is 51.7 Å². The number of fused-ring (bicyclic) bond motifs is 2. The Balaban J connectivity index is 0.000000814. The van der Waals surface area contributed by atoms with Crippen molar-refractivity contribution in [1.29, 1.82) is 0 Å². The highest BCUT2D eigenvalue weighted by atomic mass is 79.9. The third kappa shape index (κ3) is 40.2. The summed E-state index contributed by atoms with van der Waals surface area (Å²) in [4.78, 5) is 232. The number of carbonyl (C=O) groups is 13. The van der Waals surface area contributed by atoms with Crippen LogP contribution in [0.3, 0.4) is 0 Å². The number of nitrogens with zero attached hydrogens (tertiary/aromatic N) is 2. The first kappa shape index (κ1) is 127. The molecule has 7 aromatic heterocycles. The van der Waals surface area contributed by atoms with E-state index in [1.165, 1.54) is 84.5 Å². The van der Waals surface area contributed by atoms with E-state index in [4.69, 9.17) is 41.1 Å². The maximum atomic E-state index is 12.1. The van der Waals surface area contributed by atoms with Gasteiger partial charge in [0.1, 0.15) is 108 Å². The Morgan fingerprint density at radius 3 is 1.37 bits per heavy atom. The molecular weight excluding hydrogens is 1960 g/mol. The van der Waals surface area contributed by atoms with Crippen molar-refractivity contribution in [3.63, 3.8) is 0 Å². The van der Waals surface area contributed by atoms with Gasteiger partial charge < -0.3 is 91.5 Å². The number of aliphatic hydroxyl groups excluding tert-OH is 5. The zero-order valence-corrected chi connectivity index (χ0v) is 85.5. The van der Waals surface area contributed by atoms with Crippen LogP contribution in [-0.2, 0) is 49.5 Å². The number of Topliss-reactive ketones (excluding diaryl/α,β-unsaturated/α-hetero) is 7. The minimum Gasteiger partial charge on any atom is -0.515 e. The van der Waals surface area contributed by atoms with Crippen LogP contribution in [0.15, 0.2) is 186 Å². The number of barbiturate groups is 1. The fourth-order valence-electron chi connectivity index (χ4n) is 11.8. The molecule has 8 aromatic rings. The summed E-state index contributed by atoms with van der Waals surface area (Å²) in [6.07, 6.45) is 6.36. The van der Waals surface area contributed by atoms with Crippen molar-refractivity contribution in [3.8, 4) is 28.7 Å². The van der Waals surface area contributed by atoms with Crippen LogP contribution in [0.25, 0.3) is 21.9 Å². The summed E-state index contributed by atoms with van der Waals surface area (Å²) in [7, 11) is 3.70.